The van der Waals surface area contributed by atoms with E-state index in [1.807, 2.05) is 18.5 Å². The predicted octanol–water partition coefficient (Wildman–Crippen LogP) is 2.42. The lowest BCUT2D eigenvalue weighted by atomic mass is 9.96. The molecule has 1 fully saturated rings. The smallest absolute Gasteiger partial charge is 0.322 e. The van der Waals surface area contributed by atoms with Crippen molar-refractivity contribution in [1.29, 1.82) is 0 Å². The number of hydrogen-bond donors (Lipinski definition) is 1. The summed E-state index contributed by atoms with van der Waals surface area (Å²) >= 11 is 1.31. The Hall–Kier alpha value is -1.97. The van der Waals surface area contributed by atoms with Gasteiger partial charge in [-0.25, -0.2) is 4.68 Å². The fourth-order valence-electron chi connectivity index (χ4n) is 2.64. The Bertz CT molecular complexity index is 678. The van der Waals surface area contributed by atoms with Crippen molar-refractivity contribution in [2.75, 3.05) is 11.1 Å². The second-order valence-electron chi connectivity index (χ2n) is 6.13. The normalized spacial score (nSPS) is 15.8. The number of carbonyl (C=O) groups is 1. The van der Waals surface area contributed by atoms with Crippen molar-refractivity contribution in [2.45, 2.75) is 63.1 Å². The number of rotatable bonds is 6. The van der Waals surface area contributed by atoms with E-state index in [9.17, 15) is 4.79 Å². The van der Waals surface area contributed by atoms with E-state index in [4.69, 9.17) is 4.42 Å². The third-order valence-electron chi connectivity index (χ3n) is 3.90. The van der Waals surface area contributed by atoms with Crippen molar-refractivity contribution in [3.63, 3.8) is 0 Å². The number of nitrogens with one attached hydrogen (secondary N) is 1. The molecule has 10 heteroatoms. The highest BCUT2D eigenvalue weighted by molar-refractivity contribution is 7.99. The number of carbonyl (C=O) groups excluding carboxylic acids is 1. The average Bonchev–Trinajstić information content (AvgIpc) is 3.23. The molecular weight excluding hydrogens is 330 g/mol. The van der Waals surface area contributed by atoms with Crippen molar-refractivity contribution in [2.24, 2.45) is 0 Å². The summed E-state index contributed by atoms with van der Waals surface area (Å²) in [4.78, 5) is 12.0. The van der Waals surface area contributed by atoms with Gasteiger partial charge in [0.1, 0.15) is 0 Å². The van der Waals surface area contributed by atoms with Gasteiger partial charge in [0.05, 0.1) is 11.8 Å². The fraction of sp³-hybridized carbons (Fsp3) is 0.714. The Morgan fingerprint density at radius 1 is 1.29 bits per heavy atom. The molecule has 2 aromatic heterocycles. The highest BCUT2D eigenvalue weighted by Gasteiger charge is 2.21. The minimum Gasteiger partial charge on any atom is -0.408 e. The summed E-state index contributed by atoms with van der Waals surface area (Å²) in [6.45, 7) is 3.89. The molecule has 0 unspecified atom stereocenters. The van der Waals surface area contributed by atoms with E-state index in [0.717, 1.165) is 12.8 Å². The van der Waals surface area contributed by atoms with Gasteiger partial charge in [-0.1, -0.05) is 50.0 Å². The Kier molecular flexibility index (Phi) is 5.44. The molecule has 9 nitrogen and oxygen atoms in total. The maximum absolute atomic E-state index is 12.0. The lowest BCUT2D eigenvalue weighted by molar-refractivity contribution is -0.113. The molecule has 0 radical (unpaired) electrons. The lowest BCUT2D eigenvalue weighted by Crippen LogP contribution is -2.17. The van der Waals surface area contributed by atoms with Crippen molar-refractivity contribution < 1.29 is 9.21 Å². The van der Waals surface area contributed by atoms with Crippen LogP contribution in [-0.2, 0) is 4.79 Å². The van der Waals surface area contributed by atoms with Gasteiger partial charge < -0.3 is 4.42 Å². The molecule has 2 heterocycles. The first-order valence-electron chi connectivity index (χ1n) is 8.17. The minimum absolute atomic E-state index is 0.121. The van der Waals surface area contributed by atoms with Gasteiger partial charge in [-0.15, -0.1) is 10.2 Å². The van der Waals surface area contributed by atoms with Crippen molar-refractivity contribution in [1.82, 2.24) is 30.4 Å². The van der Waals surface area contributed by atoms with Crippen LogP contribution in [0.5, 0.6) is 0 Å². The van der Waals surface area contributed by atoms with E-state index in [1.165, 1.54) is 31.0 Å². The summed E-state index contributed by atoms with van der Waals surface area (Å²) in [5.74, 6) is 0.584. The van der Waals surface area contributed by atoms with Crippen LogP contribution in [-0.4, -0.2) is 42.1 Å². The van der Waals surface area contributed by atoms with Crippen LogP contribution in [0.4, 0.5) is 6.01 Å². The highest BCUT2D eigenvalue weighted by Crippen LogP contribution is 2.30. The Morgan fingerprint density at radius 2 is 2.08 bits per heavy atom. The molecule has 24 heavy (non-hydrogen) atoms. The first kappa shape index (κ1) is 16.9. The van der Waals surface area contributed by atoms with Crippen LogP contribution in [0.25, 0.3) is 0 Å². The van der Waals surface area contributed by atoms with E-state index < -0.39 is 0 Å². The number of hydrogen-bond acceptors (Lipinski definition) is 8. The third-order valence-corrected chi connectivity index (χ3v) is 4.83. The molecule has 2 aromatic rings. The summed E-state index contributed by atoms with van der Waals surface area (Å²) in [5.41, 5.74) is 0. The molecule has 0 aromatic carbocycles. The van der Waals surface area contributed by atoms with Crippen LogP contribution >= 0.6 is 11.8 Å². The molecule has 0 bridgehead atoms. The molecule has 1 aliphatic carbocycles. The van der Waals surface area contributed by atoms with E-state index in [1.54, 1.807) is 0 Å². The van der Waals surface area contributed by atoms with Gasteiger partial charge in [0.2, 0.25) is 17.0 Å². The molecular formula is C14H21N7O2S. The van der Waals surface area contributed by atoms with Gasteiger partial charge in [0.15, 0.2) is 0 Å². The second kappa shape index (κ2) is 7.73. The zero-order valence-electron chi connectivity index (χ0n) is 13.8. The summed E-state index contributed by atoms with van der Waals surface area (Å²) in [7, 11) is 0. The first-order valence-corrected chi connectivity index (χ1v) is 9.16. The van der Waals surface area contributed by atoms with E-state index in [0.29, 0.717) is 17.1 Å². The van der Waals surface area contributed by atoms with Gasteiger partial charge in [-0.3, -0.25) is 10.1 Å². The van der Waals surface area contributed by atoms with Crippen LogP contribution in [0.2, 0.25) is 0 Å². The van der Waals surface area contributed by atoms with Gasteiger partial charge in [-0.2, -0.15) is 0 Å². The Labute approximate surface area is 144 Å². The molecule has 0 atom stereocenters. The highest BCUT2D eigenvalue weighted by atomic mass is 32.2. The second-order valence-corrected chi connectivity index (χ2v) is 7.08. The van der Waals surface area contributed by atoms with Crippen molar-refractivity contribution in [3.05, 3.63) is 5.89 Å². The largest absolute Gasteiger partial charge is 0.408 e. The molecule has 1 amide bonds. The Morgan fingerprint density at radius 3 is 2.79 bits per heavy atom. The average molecular weight is 351 g/mol. The van der Waals surface area contributed by atoms with Gasteiger partial charge >= 0.3 is 6.01 Å². The van der Waals surface area contributed by atoms with Gasteiger partial charge in [0.25, 0.3) is 0 Å². The number of tetrazole rings is 1. The summed E-state index contributed by atoms with van der Waals surface area (Å²) < 4.78 is 7.21. The number of amides is 1. The van der Waals surface area contributed by atoms with E-state index >= 15 is 0 Å². The van der Waals surface area contributed by atoms with E-state index in [-0.39, 0.29) is 23.6 Å². The summed E-state index contributed by atoms with van der Waals surface area (Å²) in [6.07, 6.45) is 5.84. The SMILES string of the molecule is CC(C)c1nnc(NC(=O)CSc2nnnn2C2CCCCC2)o1. The number of nitrogens with zero attached hydrogens (tertiary/aromatic N) is 6. The lowest BCUT2D eigenvalue weighted by Gasteiger charge is -2.21. The molecule has 1 aliphatic rings. The van der Waals surface area contributed by atoms with Crippen molar-refractivity contribution >= 4 is 23.7 Å². The molecule has 3 rings (SSSR count). The predicted molar refractivity (Wildman–Crippen MR) is 87.7 cm³/mol. The minimum atomic E-state index is -0.225. The third kappa shape index (κ3) is 4.11. The molecule has 0 saturated heterocycles. The van der Waals surface area contributed by atoms with Crippen LogP contribution < -0.4 is 5.32 Å². The first-order chi connectivity index (χ1) is 11.6. The van der Waals surface area contributed by atoms with Crippen molar-refractivity contribution in [3.8, 4) is 0 Å². The van der Waals surface area contributed by atoms with Crippen LogP contribution in [0.15, 0.2) is 9.57 Å². The monoisotopic (exact) mass is 351 g/mol. The zero-order chi connectivity index (χ0) is 16.9. The van der Waals surface area contributed by atoms with Crippen LogP contribution in [0.3, 0.4) is 0 Å². The number of anilines is 1. The van der Waals surface area contributed by atoms with Gasteiger partial charge in [0, 0.05) is 5.92 Å². The molecule has 0 spiro atoms. The molecule has 0 aliphatic heterocycles. The van der Waals surface area contributed by atoms with Gasteiger partial charge in [-0.05, 0) is 23.3 Å². The molecule has 1 N–H and O–H groups in total. The molecule has 130 valence electrons. The number of thioether (sulfide) groups is 1. The van der Waals surface area contributed by atoms with Crippen LogP contribution in [0, 0.1) is 0 Å². The van der Waals surface area contributed by atoms with E-state index in [2.05, 4.69) is 31.0 Å². The quantitative estimate of drug-likeness (QED) is 0.790. The Balaban J connectivity index is 1.53. The number of aromatic nitrogens is 6. The fourth-order valence-corrected chi connectivity index (χ4v) is 3.38. The van der Waals surface area contributed by atoms with Crippen LogP contribution in [0.1, 0.15) is 63.8 Å². The zero-order valence-corrected chi connectivity index (χ0v) is 14.6. The molecule has 1 saturated carbocycles. The summed E-state index contributed by atoms with van der Waals surface area (Å²) in [5, 5.41) is 22.8. The topological polar surface area (TPSA) is 112 Å². The maximum atomic E-state index is 12.0. The standard InChI is InChI=1S/C14H21N7O2S/c1-9(2)12-16-17-13(23-12)15-11(22)8-24-14-18-19-20-21(14)10-6-4-3-5-7-10/h9-10H,3-8H2,1-2H3,(H,15,17,22). The maximum Gasteiger partial charge on any atom is 0.322 e. The summed E-state index contributed by atoms with van der Waals surface area (Å²) in [6, 6.07) is 0.458.